The van der Waals surface area contributed by atoms with Crippen LogP contribution in [0.5, 0.6) is 0 Å². The van der Waals surface area contributed by atoms with Crippen LogP contribution in [0.4, 0.5) is 11.6 Å². The first-order chi connectivity index (χ1) is 10.3. The van der Waals surface area contributed by atoms with Crippen LogP contribution in [0.2, 0.25) is 0 Å². The molecule has 2 aliphatic rings. The second-order valence-electron chi connectivity index (χ2n) is 5.88. The van der Waals surface area contributed by atoms with Gasteiger partial charge in [0.2, 0.25) is 0 Å². The number of nitrogens with one attached hydrogen (secondary N) is 1. The molecule has 2 fully saturated rings. The van der Waals surface area contributed by atoms with E-state index in [1.807, 2.05) is 16.8 Å². The summed E-state index contributed by atoms with van der Waals surface area (Å²) in [5.41, 5.74) is 3.56. The van der Waals surface area contributed by atoms with Crippen molar-refractivity contribution in [2.24, 2.45) is 5.84 Å². The van der Waals surface area contributed by atoms with E-state index in [1.54, 1.807) is 6.20 Å². The molecule has 0 radical (unpaired) electrons. The van der Waals surface area contributed by atoms with E-state index in [0.717, 1.165) is 24.6 Å². The van der Waals surface area contributed by atoms with Crippen LogP contribution in [0.15, 0.2) is 18.6 Å². The van der Waals surface area contributed by atoms with Gasteiger partial charge in [0.15, 0.2) is 17.3 Å². The maximum absolute atomic E-state index is 5.55. The van der Waals surface area contributed by atoms with Gasteiger partial charge in [-0.15, -0.1) is 0 Å². The average Bonchev–Trinajstić information content (AvgIpc) is 3.10. The molecule has 4 heterocycles. The Morgan fingerprint density at radius 3 is 3.05 bits per heavy atom. The number of fused-ring (bicyclic) bond motifs is 2. The van der Waals surface area contributed by atoms with Crippen molar-refractivity contribution in [3.63, 3.8) is 0 Å². The Balaban J connectivity index is 1.72. The molecule has 0 bridgehead atoms. The lowest BCUT2D eigenvalue weighted by Gasteiger charge is -2.26. The van der Waals surface area contributed by atoms with E-state index in [2.05, 4.69) is 25.2 Å². The first-order valence-corrected chi connectivity index (χ1v) is 7.64. The molecule has 0 saturated carbocycles. The Hall–Kier alpha value is -1.86. The van der Waals surface area contributed by atoms with Crippen molar-refractivity contribution in [1.82, 2.24) is 19.3 Å². The minimum Gasteiger partial charge on any atom is -0.352 e. The fourth-order valence-corrected chi connectivity index (χ4v) is 3.60. The Bertz CT molecular complexity index is 637. The second-order valence-corrected chi connectivity index (χ2v) is 5.88. The molecule has 0 aliphatic carbocycles. The predicted octanol–water partition coefficient (Wildman–Crippen LogP) is 0.689. The minimum absolute atomic E-state index is 0.652. The summed E-state index contributed by atoms with van der Waals surface area (Å²) in [6.45, 7) is 4.50. The van der Waals surface area contributed by atoms with Crippen molar-refractivity contribution < 1.29 is 0 Å². The van der Waals surface area contributed by atoms with Gasteiger partial charge in [0.1, 0.15) is 0 Å². The summed E-state index contributed by atoms with van der Waals surface area (Å²) in [4.78, 5) is 14.1. The molecular weight excluding hydrogens is 266 g/mol. The van der Waals surface area contributed by atoms with Gasteiger partial charge < -0.3 is 14.7 Å². The number of imidazole rings is 1. The quantitative estimate of drug-likeness (QED) is 0.625. The highest BCUT2D eigenvalue weighted by atomic mass is 15.3. The molecule has 21 heavy (non-hydrogen) atoms. The number of hydrogen-bond donors (Lipinski definition) is 2. The summed E-state index contributed by atoms with van der Waals surface area (Å²) in [6, 6.07) is 0.652. The van der Waals surface area contributed by atoms with Crippen molar-refractivity contribution in [1.29, 1.82) is 0 Å². The van der Waals surface area contributed by atoms with Crippen LogP contribution in [0.25, 0.3) is 5.65 Å². The van der Waals surface area contributed by atoms with Crippen molar-refractivity contribution in [2.45, 2.75) is 25.3 Å². The molecule has 112 valence electrons. The monoisotopic (exact) mass is 287 g/mol. The molecule has 0 amide bonds. The van der Waals surface area contributed by atoms with Crippen LogP contribution < -0.4 is 16.2 Å². The van der Waals surface area contributed by atoms with Gasteiger partial charge in [0.25, 0.3) is 0 Å². The second kappa shape index (κ2) is 5.16. The lowest BCUT2D eigenvalue weighted by molar-refractivity contribution is 0.273. The summed E-state index contributed by atoms with van der Waals surface area (Å²) in [5.74, 6) is 7.16. The zero-order valence-corrected chi connectivity index (χ0v) is 12.1. The third-order valence-electron chi connectivity index (χ3n) is 4.61. The molecule has 2 aromatic rings. The van der Waals surface area contributed by atoms with E-state index in [1.165, 1.54) is 32.4 Å². The highest BCUT2D eigenvalue weighted by molar-refractivity contribution is 5.66. The van der Waals surface area contributed by atoms with E-state index in [-0.39, 0.29) is 0 Å². The number of nitrogen functional groups attached to an aromatic ring is 1. The van der Waals surface area contributed by atoms with Crippen molar-refractivity contribution in [3.05, 3.63) is 18.6 Å². The van der Waals surface area contributed by atoms with Crippen LogP contribution in [0.1, 0.15) is 19.3 Å². The van der Waals surface area contributed by atoms with Crippen LogP contribution in [0.3, 0.4) is 0 Å². The van der Waals surface area contributed by atoms with Gasteiger partial charge in [-0.3, -0.25) is 4.90 Å². The van der Waals surface area contributed by atoms with E-state index in [0.29, 0.717) is 11.9 Å². The summed E-state index contributed by atoms with van der Waals surface area (Å²) < 4.78 is 1.98. The molecule has 1 atom stereocenters. The number of hydrogen-bond acceptors (Lipinski definition) is 6. The summed E-state index contributed by atoms with van der Waals surface area (Å²) in [6.07, 6.45) is 9.38. The molecule has 2 saturated heterocycles. The Labute approximate surface area is 123 Å². The van der Waals surface area contributed by atoms with E-state index in [9.17, 15) is 0 Å². The maximum atomic E-state index is 5.55. The van der Waals surface area contributed by atoms with E-state index >= 15 is 0 Å². The van der Waals surface area contributed by atoms with Crippen LogP contribution >= 0.6 is 0 Å². The smallest absolute Gasteiger partial charge is 0.180 e. The lowest BCUT2D eigenvalue weighted by Crippen LogP contribution is -2.37. The molecule has 2 aromatic heterocycles. The Morgan fingerprint density at radius 1 is 1.24 bits per heavy atom. The molecule has 2 aliphatic heterocycles. The van der Waals surface area contributed by atoms with Gasteiger partial charge in [-0.25, -0.2) is 15.8 Å². The molecule has 7 nitrogen and oxygen atoms in total. The normalized spacial score (nSPS) is 23.3. The molecule has 0 aromatic carbocycles. The third-order valence-corrected chi connectivity index (χ3v) is 4.61. The molecule has 0 spiro atoms. The first kappa shape index (κ1) is 12.8. The summed E-state index contributed by atoms with van der Waals surface area (Å²) in [7, 11) is 0. The zero-order valence-electron chi connectivity index (χ0n) is 12.1. The minimum atomic E-state index is 0.652. The lowest BCUT2D eigenvalue weighted by atomic mass is 10.2. The Kier molecular flexibility index (Phi) is 3.16. The maximum Gasteiger partial charge on any atom is 0.180 e. The fraction of sp³-hybridized carbons (Fsp3) is 0.571. The number of anilines is 2. The van der Waals surface area contributed by atoms with Crippen molar-refractivity contribution >= 4 is 17.3 Å². The molecule has 4 rings (SSSR count). The number of hydrazine groups is 1. The van der Waals surface area contributed by atoms with Crippen molar-refractivity contribution in [3.8, 4) is 0 Å². The third kappa shape index (κ3) is 2.22. The summed E-state index contributed by atoms with van der Waals surface area (Å²) >= 11 is 0. The number of nitrogens with zero attached hydrogens (tertiary/aromatic N) is 5. The van der Waals surface area contributed by atoms with Crippen LogP contribution in [-0.4, -0.2) is 51.5 Å². The molecular formula is C14H21N7. The standard InChI is InChI=1S/C14H21N7/c15-18-12-10-21-8-4-16-13(21)14(17-12)20-7-2-6-19-5-1-3-11(19)9-20/h4,8,10-11,18H,1-3,5-7,9,15H2. The van der Waals surface area contributed by atoms with Gasteiger partial charge in [-0.2, -0.15) is 0 Å². The molecule has 1 unspecified atom stereocenters. The van der Waals surface area contributed by atoms with E-state index < -0.39 is 0 Å². The van der Waals surface area contributed by atoms with Gasteiger partial charge >= 0.3 is 0 Å². The van der Waals surface area contributed by atoms with Crippen LogP contribution in [0, 0.1) is 0 Å². The van der Waals surface area contributed by atoms with Crippen molar-refractivity contribution in [2.75, 3.05) is 36.5 Å². The highest BCUT2D eigenvalue weighted by Crippen LogP contribution is 2.26. The highest BCUT2D eigenvalue weighted by Gasteiger charge is 2.30. The predicted molar refractivity (Wildman–Crippen MR) is 82.2 cm³/mol. The Morgan fingerprint density at radius 2 is 2.14 bits per heavy atom. The summed E-state index contributed by atoms with van der Waals surface area (Å²) in [5, 5.41) is 0. The number of nitrogens with two attached hydrogens (primary N) is 1. The first-order valence-electron chi connectivity index (χ1n) is 7.64. The number of aromatic nitrogens is 3. The van der Waals surface area contributed by atoms with Gasteiger partial charge in [0.05, 0.1) is 6.20 Å². The SMILES string of the molecule is NNc1cn2ccnc2c(N2CCCN3CCCC3C2)n1. The molecule has 7 heteroatoms. The van der Waals surface area contributed by atoms with Gasteiger partial charge in [-0.05, 0) is 25.8 Å². The largest absolute Gasteiger partial charge is 0.352 e. The van der Waals surface area contributed by atoms with Gasteiger partial charge in [-0.1, -0.05) is 0 Å². The topological polar surface area (TPSA) is 74.7 Å². The van der Waals surface area contributed by atoms with Gasteiger partial charge in [0, 0.05) is 38.1 Å². The average molecular weight is 287 g/mol. The number of rotatable bonds is 2. The molecule has 3 N–H and O–H groups in total. The zero-order chi connectivity index (χ0) is 14.2. The van der Waals surface area contributed by atoms with Crippen LogP contribution in [-0.2, 0) is 0 Å². The van der Waals surface area contributed by atoms with E-state index in [4.69, 9.17) is 5.84 Å². The fourth-order valence-electron chi connectivity index (χ4n) is 3.60.